The molecule has 4 nitrogen and oxygen atoms in total. The van der Waals surface area contributed by atoms with Crippen LogP contribution in [0.1, 0.15) is 16.7 Å². The lowest BCUT2D eigenvalue weighted by Crippen LogP contribution is -2.24. The quantitative estimate of drug-likeness (QED) is 0.675. The van der Waals surface area contributed by atoms with Crippen molar-refractivity contribution in [3.63, 3.8) is 0 Å². The summed E-state index contributed by atoms with van der Waals surface area (Å²) in [7, 11) is 3.41. The number of nitrogens with one attached hydrogen (secondary N) is 2. The van der Waals surface area contributed by atoms with Crippen molar-refractivity contribution < 1.29 is 9.13 Å². The Bertz CT molecular complexity index is 957. The summed E-state index contributed by atoms with van der Waals surface area (Å²) in [5, 5.41) is 7.57. The molecule has 0 aliphatic rings. The highest BCUT2D eigenvalue weighted by atomic mass is 32.1. The third-order valence-electron chi connectivity index (χ3n) is 4.17. The highest BCUT2D eigenvalue weighted by molar-refractivity contribution is 7.80. The molecule has 0 aliphatic heterocycles. The lowest BCUT2D eigenvalue weighted by atomic mass is 10.0. The van der Waals surface area contributed by atoms with Gasteiger partial charge in [-0.3, -0.25) is 4.98 Å². The number of fused-ring (bicyclic) bond motifs is 1. The Balaban J connectivity index is 2.07. The Kier molecular flexibility index (Phi) is 5.32. The van der Waals surface area contributed by atoms with E-state index in [1.807, 2.05) is 19.2 Å². The molecule has 3 rings (SSSR count). The first-order valence-corrected chi connectivity index (χ1v) is 8.62. The lowest BCUT2D eigenvalue weighted by molar-refractivity contribution is 0.416. The number of hydrogen-bond acceptors (Lipinski definition) is 3. The third kappa shape index (κ3) is 3.75. The van der Waals surface area contributed by atoms with Crippen LogP contribution >= 0.6 is 12.2 Å². The topological polar surface area (TPSA) is 46.2 Å². The second kappa shape index (κ2) is 7.66. The first-order chi connectivity index (χ1) is 12.5. The molecule has 1 heterocycles. The van der Waals surface area contributed by atoms with E-state index in [9.17, 15) is 4.39 Å². The number of halogens is 1. The predicted molar refractivity (Wildman–Crippen MR) is 108 cm³/mol. The maximum Gasteiger partial charge on any atom is 0.170 e. The normalized spacial score (nSPS) is 10.6. The molecule has 1 aromatic heterocycles. The minimum atomic E-state index is -0.238. The Morgan fingerprint density at radius 3 is 2.58 bits per heavy atom. The van der Waals surface area contributed by atoms with Gasteiger partial charge in [0.25, 0.3) is 0 Å². The molecule has 134 valence electrons. The Hall–Kier alpha value is -2.73. The van der Waals surface area contributed by atoms with Gasteiger partial charge < -0.3 is 15.4 Å². The Labute approximate surface area is 157 Å². The van der Waals surface area contributed by atoms with Crippen molar-refractivity contribution in [1.29, 1.82) is 0 Å². The van der Waals surface area contributed by atoms with E-state index in [2.05, 4.69) is 21.7 Å². The second-order valence-electron chi connectivity index (χ2n) is 6.02. The van der Waals surface area contributed by atoms with Crippen LogP contribution in [0.25, 0.3) is 10.9 Å². The third-order valence-corrected chi connectivity index (χ3v) is 4.48. The Morgan fingerprint density at radius 1 is 1.19 bits per heavy atom. The first kappa shape index (κ1) is 18.1. The zero-order valence-corrected chi connectivity index (χ0v) is 15.7. The number of nitrogens with zero attached hydrogens (tertiary/aromatic N) is 1. The van der Waals surface area contributed by atoms with Crippen molar-refractivity contribution in [3.8, 4) is 5.75 Å². The lowest BCUT2D eigenvalue weighted by Gasteiger charge is -2.15. The average molecular weight is 369 g/mol. The van der Waals surface area contributed by atoms with Crippen LogP contribution < -0.4 is 15.4 Å². The fraction of sp³-hybridized carbons (Fsp3) is 0.200. The average Bonchev–Trinajstić information content (AvgIpc) is 2.64. The van der Waals surface area contributed by atoms with Crippen LogP contribution in [0.5, 0.6) is 5.75 Å². The Morgan fingerprint density at radius 2 is 1.92 bits per heavy atom. The molecule has 0 unspecified atom stereocenters. The van der Waals surface area contributed by atoms with Crippen LogP contribution in [0, 0.1) is 12.7 Å². The van der Waals surface area contributed by atoms with Gasteiger partial charge in [0.05, 0.1) is 12.8 Å². The molecule has 26 heavy (non-hydrogen) atoms. The summed E-state index contributed by atoms with van der Waals surface area (Å²) in [6, 6.07) is 10.6. The number of pyridine rings is 1. The number of hydrogen-bond donors (Lipinski definition) is 2. The van der Waals surface area contributed by atoms with Crippen molar-refractivity contribution in [3.05, 3.63) is 65.1 Å². The molecule has 0 atom stereocenters. The van der Waals surface area contributed by atoms with E-state index in [4.69, 9.17) is 17.0 Å². The highest BCUT2D eigenvalue weighted by Gasteiger charge is 2.13. The summed E-state index contributed by atoms with van der Waals surface area (Å²) in [5.41, 5.74) is 4.66. The number of thiocarbonyl (C=S) groups is 1. The van der Waals surface area contributed by atoms with Crippen molar-refractivity contribution in [2.24, 2.45) is 0 Å². The van der Waals surface area contributed by atoms with E-state index in [0.717, 1.165) is 39.0 Å². The molecular weight excluding hydrogens is 349 g/mol. The van der Waals surface area contributed by atoms with Gasteiger partial charge >= 0.3 is 0 Å². The number of benzene rings is 2. The molecule has 0 saturated carbocycles. The van der Waals surface area contributed by atoms with Crippen LogP contribution in [-0.2, 0) is 6.42 Å². The molecule has 0 radical (unpaired) electrons. The number of aromatic nitrogens is 1. The number of rotatable bonds is 4. The molecule has 0 spiro atoms. The van der Waals surface area contributed by atoms with E-state index in [0.29, 0.717) is 11.5 Å². The van der Waals surface area contributed by atoms with Crippen LogP contribution in [-0.4, -0.2) is 24.3 Å². The van der Waals surface area contributed by atoms with E-state index in [1.54, 1.807) is 26.3 Å². The van der Waals surface area contributed by atoms with E-state index < -0.39 is 0 Å². The van der Waals surface area contributed by atoms with Crippen LogP contribution in [0.15, 0.2) is 42.6 Å². The zero-order chi connectivity index (χ0) is 18.7. The van der Waals surface area contributed by atoms with Gasteiger partial charge in [0.15, 0.2) is 5.11 Å². The second-order valence-corrected chi connectivity index (χ2v) is 6.43. The highest BCUT2D eigenvalue weighted by Crippen LogP contribution is 2.34. The fourth-order valence-electron chi connectivity index (χ4n) is 2.92. The largest absolute Gasteiger partial charge is 0.494 e. The summed E-state index contributed by atoms with van der Waals surface area (Å²) in [5.74, 6) is 0.506. The van der Waals surface area contributed by atoms with Gasteiger partial charge in [-0.15, -0.1) is 0 Å². The standard InChI is InChI=1S/C20H20FN3OS/c1-12-8-17(24-20(26)22-2)16-10-14(11-23-18(16)19(12)25-3)9-13-4-6-15(21)7-5-13/h4-8,10-11H,9H2,1-3H3,(H2,22,24,26). The van der Waals surface area contributed by atoms with Gasteiger partial charge in [0.1, 0.15) is 17.1 Å². The predicted octanol–water partition coefficient (Wildman–Crippen LogP) is 4.20. The van der Waals surface area contributed by atoms with E-state index in [1.165, 1.54) is 12.1 Å². The van der Waals surface area contributed by atoms with Crippen molar-refractivity contribution in [2.75, 3.05) is 19.5 Å². The smallest absolute Gasteiger partial charge is 0.170 e. The van der Waals surface area contributed by atoms with Crippen molar-refractivity contribution >= 4 is 33.9 Å². The maximum atomic E-state index is 13.1. The minimum absolute atomic E-state index is 0.238. The van der Waals surface area contributed by atoms with Gasteiger partial charge in [-0.2, -0.15) is 0 Å². The fourth-order valence-corrected chi connectivity index (χ4v) is 3.03. The van der Waals surface area contributed by atoms with Gasteiger partial charge in [-0.1, -0.05) is 12.1 Å². The SMILES string of the molecule is CNC(=S)Nc1cc(C)c(OC)c2ncc(Cc3ccc(F)cc3)cc12. The van der Waals surface area contributed by atoms with E-state index in [-0.39, 0.29) is 5.82 Å². The zero-order valence-electron chi connectivity index (χ0n) is 14.9. The molecule has 0 saturated heterocycles. The molecule has 0 amide bonds. The summed E-state index contributed by atoms with van der Waals surface area (Å²) in [6.07, 6.45) is 2.49. The minimum Gasteiger partial charge on any atom is -0.494 e. The maximum absolute atomic E-state index is 13.1. The molecule has 2 N–H and O–H groups in total. The number of ether oxygens (including phenoxy) is 1. The molecular formula is C20H20FN3OS. The van der Waals surface area contributed by atoms with Gasteiger partial charge in [0.2, 0.25) is 0 Å². The summed E-state index contributed by atoms with van der Waals surface area (Å²) >= 11 is 5.25. The van der Waals surface area contributed by atoms with Gasteiger partial charge in [-0.25, -0.2) is 4.39 Å². The molecule has 3 aromatic rings. The van der Waals surface area contributed by atoms with Crippen LogP contribution in [0.3, 0.4) is 0 Å². The molecule has 2 aromatic carbocycles. The summed E-state index contributed by atoms with van der Waals surface area (Å²) in [6.45, 7) is 1.97. The number of methoxy groups -OCH3 is 1. The van der Waals surface area contributed by atoms with Gasteiger partial charge in [-0.05, 0) is 66.5 Å². The molecule has 0 bridgehead atoms. The summed E-state index contributed by atoms with van der Waals surface area (Å²) < 4.78 is 18.6. The van der Waals surface area contributed by atoms with Crippen LogP contribution in [0.4, 0.5) is 10.1 Å². The summed E-state index contributed by atoms with van der Waals surface area (Å²) in [4.78, 5) is 4.62. The molecule has 0 fully saturated rings. The van der Waals surface area contributed by atoms with E-state index >= 15 is 0 Å². The van der Waals surface area contributed by atoms with Gasteiger partial charge in [0, 0.05) is 18.6 Å². The molecule has 6 heteroatoms. The van der Waals surface area contributed by atoms with Crippen molar-refractivity contribution in [2.45, 2.75) is 13.3 Å². The number of anilines is 1. The molecule has 0 aliphatic carbocycles. The first-order valence-electron chi connectivity index (χ1n) is 8.21. The monoisotopic (exact) mass is 369 g/mol. The van der Waals surface area contributed by atoms with Crippen LogP contribution in [0.2, 0.25) is 0 Å². The van der Waals surface area contributed by atoms with Crippen molar-refractivity contribution in [1.82, 2.24) is 10.3 Å². The number of aryl methyl sites for hydroxylation is 1.